The molecule has 0 fully saturated rings. The van der Waals surface area contributed by atoms with Crippen LogP contribution in [0, 0.1) is 11.6 Å². The maximum Gasteiger partial charge on any atom is 0.131 e. The molecule has 88 valence electrons. The summed E-state index contributed by atoms with van der Waals surface area (Å²) in [6.45, 7) is 0.265. The van der Waals surface area contributed by atoms with Crippen molar-refractivity contribution in [1.82, 2.24) is 0 Å². The fraction of sp³-hybridized carbons (Fsp3) is 0.0769. The Balaban J connectivity index is 2.52. The van der Waals surface area contributed by atoms with Gasteiger partial charge in [0.05, 0.1) is 0 Å². The van der Waals surface area contributed by atoms with Gasteiger partial charge in [0.1, 0.15) is 11.6 Å². The van der Waals surface area contributed by atoms with E-state index in [1.807, 2.05) is 0 Å². The topological polar surface area (TPSA) is 26.0 Å². The van der Waals surface area contributed by atoms with E-state index in [1.165, 1.54) is 24.3 Å². The third kappa shape index (κ3) is 2.62. The molecule has 0 atom stereocenters. The third-order valence-electron chi connectivity index (χ3n) is 2.44. The number of hydrogen-bond donors (Lipinski definition) is 1. The molecule has 17 heavy (non-hydrogen) atoms. The zero-order valence-corrected chi connectivity index (χ0v) is 9.64. The van der Waals surface area contributed by atoms with Gasteiger partial charge in [-0.15, -0.1) is 0 Å². The molecule has 0 spiro atoms. The highest BCUT2D eigenvalue weighted by Crippen LogP contribution is 2.27. The first-order chi connectivity index (χ1) is 8.10. The molecular weight excluding hydrogens is 244 g/mol. The molecule has 2 N–H and O–H groups in total. The molecule has 4 heteroatoms. The number of halogens is 3. The summed E-state index contributed by atoms with van der Waals surface area (Å²) in [6.07, 6.45) is 0. The lowest BCUT2D eigenvalue weighted by Gasteiger charge is -2.06. The van der Waals surface area contributed by atoms with Crippen molar-refractivity contribution in [2.24, 2.45) is 5.73 Å². The van der Waals surface area contributed by atoms with Crippen LogP contribution in [0.5, 0.6) is 0 Å². The standard InChI is InChI=1S/C13H10ClF2N/c14-10-4-9(5-11(15)6-10)12-2-1-8(7-17)3-13(12)16/h1-6H,7,17H2. The van der Waals surface area contributed by atoms with Crippen LogP contribution in [-0.2, 0) is 6.54 Å². The van der Waals surface area contributed by atoms with Gasteiger partial charge in [-0.25, -0.2) is 8.78 Å². The average Bonchev–Trinajstić information content (AvgIpc) is 2.27. The van der Waals surface area contributed by atoms with Crippen LogP contribution in [-0.4, -0.2) is 0 Å². The van der Waals surface area contributed by atoms with Crippen molar-refractivity contribution in [3.05, 3.63) is 58.6 Å². The highest BCUT2D eigenvalue weighted by Gasteiger charge is 2.08. The Morgan fingerprint density at radius 2 is 1.82 bits per heavy atom. The Bertz CT molecular complexity index is 535. The fourth-order valence-corrected chi connectivity index (χ4v) is 1.85. The molecule has 2 rings (SSSR count). The van der Waals surface area contributed by atoms with Crippen molar-refractivity contribution in [2.45, 2.75) is 6.54 Å². The van der Waals surface area contributed by atoms with Crippen molar-refractivity contribution < 1.29 is 8.78 Å². The van der Waals surface area contributed by atoms with Crippen LogP contribution in [0.4, 0.5) is 8.78 Å². The molecule has 2 aromatic carbocycles. The Morgan fingerprint density at radius 1 is 1.06 bits per heavy atom. The van der Waals surface area contributed by atoms with Gasteiger partial charge in [0.25, 0.3) is 0 Å². The number of rotatable bonds is 2. The summed E-state index contributed by atoms with van der Waals surface area (Å²) < 4.78 is 26.9. The molecule has 0 aliphatic heterocycles. The Morgan fingerprint density at radius 3 is 2.41 bits per heavy atom. The van der Waals surface area contributed by atoms with Gasteiger partial charge in [0.2, 0.25) is 0 Å². The molecule has 1 nitrogen and oxygen atoms in total. The lowest BCUT2D eigenvalue weighted by atomic mass is 10.0. The molecule has 0 heterocycles. The quantitative estimate of drug-likeness (QED) is 0.867. The van der Waals surface area contributed by atoms with Crippen molar-refractivity contribution >= 4 is 11.6 Å². The van der Waals surface area contributed by atoms with Gasteiger partial charge < -0.3 is 5.73 Å². The average molecular weight is 254 g/mol. The predicted molar refractivity (Wildman–Crippen MR) is 64.7 cm³/mol. The van der Waals surface area contributed by atoms with Gasteiger partial charge in [-0.1, -0.05) is 23.7 Å². The Labute approximate surface area is 103 Å². The second-order valence-electron chi connectivity index (χ2n) is 3.68. The molecule has 0 unspecified atom stereocenters. The molecule has 0 amide bonds. The second kappa shape index (κ2) is 4.82. The molecule has 2 aromatic rings. The van der Waals surface area contributed by atoms with Crippen LogP contribution in [0.3, 0.4) is 0 Å². The SMILES string of the molecule is NCc1ccc(-c2cc(F)cc(Cl)c2)c(F)c1. The van der Waals surface area contributed by atoms with Crippen molar-refractivity contribution in [1.29, 1.82) is 0 Å². The summed E-state index contributed by atoms with van der Waals surface area (Å²) >= 11 is 5.73. The van der Waals surface area contributed by atoms with Gasteiger partial charge in [-0.3, -0.25) is 0 Å². The lowest BCUT2D eigenvalue weighted by molar-refractivity contribution is 0.624. The summed E-state index contributed by atoms with van der Waals surface area (Å²) in [5.74, 6) is -0.926. The monoisotopic (exact) mass is 253 g/mol. The van der Waals surface area contributed by atoms with Gasteiger partial charge in [-0.2, -0.15) is 0 Å². The first kappa shape index (κ1) is 12.0. The maximum atomic E-state index is 13.8. The Hall–Kier alpha value is -1.45. The van der Waals surface area contributed by atoms with E-state index in [4.69, 9.17) is 17.3 Å². The predicted octanol–water partition coefficient (Wildman–Crippen LogP) is 3.74. The van der Waals surface area contributed by atoms with E-state index in [0.717, 1.165) is 0 Å². The third-order valence-corrected chi connectivity index (χ3v) is 2.66. The van der Waals surface area contributed by atoms with Gasteiger partial charge in [0.15, 0.2) is 0 Å². The number of hydrogen-bond acceptors (Lipinski definition) is 1. The van der Waals surface area contributed by atoms with E-state index < -0.39 is 11.6 Å². The summed E-state index contributed by atoms with van der Waals surface area (Å²) in [5, 5.41) is 0.238. The summed E-state index contributed by atoms with van der Waals surface area (Å²) in [4.78, 5) is 0. The van der Waals surface area contributed by atoms with E-state index in [1.54, 1.807) is 12.1 Å². The zero-order chi connectivity index (χ0) is 12.4. The van der Waals surface area contributed by atoms with Crippen LogP contribution >= 0.6 is 11.6 Å². The second-order valence-corrected chi connectivity index (χ2v) is 4.11. The van der Waals surface area contributed by atoms with Crippen LogP contribution < -0.4 is 5.73 Å². The summed E-state index contributed by atoms with van der Waals surface area (Å²) in [6, 6.07) is 8.56. The van der Waals surface area contributed by atoms with Crippen LogP contribution in [0.15, 0.2) is 36.4 Å². The molecule has 0 aromatic heterocycles. The molecule has 0 bridgehead atoms. The van der Waals surface area contributed by atoms with E-state index >= 15 is 0 Å². The lowest BCUT2D eigenvalue weighted by Crippen LogP contribution is -1.97. The van der Waals surface area contributed by atoms with E-state index in [0.29, 0.717) is 16.7 Å². The van der Waals surface area contributed by atoms with E-state index in [-0.39, 0.29) is 11.6 Å². The first-order valence-electron chi connectivity index (χ1n) is 5.05. The van der Waals surface area contributed by atoms with Gasteiger partial charge in [-0.05, 0) is 35.4 Å². The van der Waals surface area contributed by atoms with Crippen LogP contribution in [0.25, 0.3) is 11.1 Å². The number of benzene rings is 2. The highest BCUT2D eigenvalue weighted by atomic mass is 35.5. The molecule has 0 radical (unpaired) electrons. The van der Waals surface area contributed by atoms with Crippen LogP contribution in [0.2, 0.25) is 5.02 Å². The minimum Gasteiger partial charge on any atom is -0.326 e. The summed E-state index contributed by atoms with van der Waals surface area (Å²) in [7, 11) is 0. The van der Waals surface area contributed by atoms with Crippen molar-refractivity contribution in [3.63, 3.8) is 0 Å². The first-order valence-corrected chi connectivity index (χ1v) is 5.43. The fourth-order valence-electron chi connectivity index (χ4n) is 1.63. The largest absolute Gasteiger partial charge is 0.326 e. The molecule has 0 aliphatic carbocycles. The molecular formula is C13H10ClF2N. The molecule has 0 saturated heterocycles. The minimum absolute atomic E-state index is 0.238. The van der Waals surface area contributed by atoms with Crippen LogP contribution in [0.1, 0.15) is 5.56 Å². The van der Waals surface area contributed by atoms with Crippen molar-refractivity contribution in [2.75, 3.05) is 0 Å². The van der Waals surface area contributed by atoms with Crippen molar-refractivity contribution in [3.8, 4) is 11.1 Å². The van der Waals surface area contributed by atoms with E-state index in [2.05, 4.69) is 0 Å². The smallest absolute Gasteiger partial charge is 0.131 e. The van der Waals surface area contributed by atoms with Gasteiger partial charge >= 0.3 is 0 Å². The number of nitrogens with two attached hydrogens (primary N) is 1. The maximum absolute atomic E-state index is 13.8. The van der Waals surface area contributed by atoms with E-state index in [9.17, 15) is 8.78 Å². The summed E-state index contributed by atoms with van der Waals surface area (Å²) in [5.41, 5.74) is 6.82. The highest BCUT2D eigenvalue weighted by molar-refractivity contribution is 6.30. The van der Waals surface area contributed by atoms with Gasteiger partial charge in [0, 0.05) is 17.1 Å². The normalized spacial score (nSPS) is 10.6. The molecule has 0 aliphatic rings. The molecule has 0 saturated carbocycles. The minimum atomic E-state index is -0.491. The Kier molecular flexibility index (Phi) is 3.41. The zero-order valence-electron chi connectivity index (χ0n) is 8.88.